The molecule has 0 amide bonds. The summed E-state index contributed by atoms with van der Waals surface area (Å²) in [7, 11) is 0. The van der Waals surface area contributed by atoms with Crippen molar-refractivity contribution in [2.75, 3.05) is 0 Å². The van der Waals surface area contributed by atoms with E-state index in [2.05, 4.69) is 4.98 Å². The van der Waals surface area contributed by atoms with Crippen LogP contribution in [0.15, 0.2) is 71.7 Å². The molecule has 5 rings (SSSR count). The van der Waals surface area contributed by atoms with Crippen molar-refractivity contribution in [3.63, 3.8) is 0 Å². The van der Waals surface area contributed by atoms with Crippen molar-refractivity contribution < 1.29 is 13.5 Å². The van der Waals surface area contributed by atoms with Gasteiger partial charge in [0.1, 0.15) is 17.4 Å². The normalized spacial score (nSPS) is 20.4. The molecule has 1 heterocycles. The van der Waals surface area contributed by atoms with E-state index < -0.39 is 17.0 Å². The van der Waals surface area contributed by atoms with Gasteiger partial charge in [-0.15, -0.1) is 0 Å². The lowest BCUT2D eigenvalue weighted by Crippen LogP contribution is -2.49. The first-order valence-electron chi connectivity index (χ1n) is 13.1. The summed E-state index contributed by atoms with van der Waals surface area (Å²) in [5, 5.41) is 1.68. The molecule has 0 saturated heterocycles. The molecule has 4 aromatic rings. The third kappa shape index (κ3) is 5.20. The van der Waals surface area contributed by atoms with Crippen LogP contribution in [0.2, 0.25) is 5.02 Å². The highest BCUT2D eigenvalue weighted by Crippen LogP contribution is 2.44. The topological polar surface area (TPSA) is 68.1 Å². The Morgan fingerprint density at radius 3 is 2.39 bits per heavy atom. The smallest absolute Gasteiger partial charge is 0.255 e. The third-order valence-corrected chi connectivity index (χ3v) is 8.28. The molecule has 1 saturated carbocycles. The molecule has 4 nitrogen and oxygen atoms in total. The molecule has 3 aromatic carbocycles. The second-order valence-electron chi connectivity index (χ2n) is 10.3. The number of H-pyrrole nitrogens is 1. The minimum Gasteiger partial charge on any atom is -0.489 e. The van der Waals surface area contributed by atoms with Gasteiger partial charge >= 0.3 is 0 Å². The first kappa shape index (κ1) is 26.4. The van der Waals surface area contributed by atoms with Crippen LogP contribution in [0.4, 0.5) is 8.78 Å². The Labute approximate surface area is 225 Å². The molecule has 7 heteroatoms. The van der Waals surface area contributed by atoms with Gasteiger partial charge in [-0.25, -0.2) is 8.78 Å². The number of benzene rings is 3. The maximum Gasteiger partial charge on any atom is 0.255 e. The standard InChI is InChI=1S/C31H31ClF2N2O2/c1-2-29(35)31(21-13-22(33)15-23(34)14-21)10-8-24(9-11-31)38-28-17-25-20(12-19-6-4-3-5-7-19)18-36-30(37)26(25)16-27(28)32/h3-7,13-18,24,29H,2,8-12,35H2,1H3,(H,36,37)/t24?,29-,31?/m1/s1. The summed E-state index contributed by atoms with van der Waals surface area (Å²) in [6.07, 6.45) is 5.55. The Kier molecular flexibility index (Phi) is 7.55. The van der Waals surface area contributed by atoms with Gasteiger partial charge in [0, 0.05) is 29.1 Å². The number of ether oxygens (including phenoxy) is 1. The Morgan fingerprint density at radius 1 is 1.05 bits per heavy atom. The van der Waals surface area contributed by atoms with E-state index in [0.717, 1.165) is 22.6 Å². The van der Waals surface area contributed by atoms with Gasteiger partial charge in [0.15, 0.2) is 0 Å². The fourth-order valence-electron chi connectivity index (χ4n) is 5.88. The van der Waals surface area contributed by atoms with E-state index in [1.807, 2.05) is 43.3 Å². The number of nitrogens with one attached hydrogen (secondary N) is 1. The number of pyridine rings is 1. The van der Waals surface area contributed by atoms with Crippen molar-refractivity contribution in [3.05, 3.63) is 111 Å². The predicted octanol–water partition coefficient (Wildman–Crippen LogP) is 7.05. The van der Waals surface area contributed by atoms with E-state index >= 15 is 0 Å². The predicted molar refractivity (Wildman–Crippen MR) is 148 cm³/mol. The van der Waals surface area contributed by atoms with Crippen LogP contribution in [-0.4, -0.2) is 17.1 Å². The van der Waals surface area contributed by atoms with E-state index in [1.54, 1.807) is 12.3 Å². The highest BCUT2D eigenvalue weighted by molar-refractivity contribution is 6.32. The summed E-state index contributed by atoms with van der Waals surface area (Å²) in [6.45, 7) is 1.99. The molecule has 0 radical (unpaired) electrons. The molecule has 0 aliphatic heterocycles. The zero-order chi connectivity index (χ0) is 26.9. The summed E-state index contributed by atoms with van der Waals surface area (Å²) < 4.78 is 34.6. The van der Waals surface area contributed by atoms with Crippen LogP contribution in [0.25, 0.3) is 10.8 Å². The van der Waals surface area contributed by atoms with E-state index in [1.165, 1.54) is 12.1 Å². The molecular weight excluding hydrogens is 506 g/mol. The molecule has 198 valence electrons. The molecule has 0 bridgehead atoms. The average molecular weight is 537 g/mol. The van der Waals surface area contributed by atoms with Gasteiger partial charge in [-0.05, 0) is 84.9 Å². The van der Waals surface area contributed by atoms with Crippen LogP contribution < -0.4 is 16.0 Å². The lowest BCUT2D eigenvalue weighted by Gasteiger charge is -2.44. The van der Waals surface area contributed by atoms with Gasteiger partial charge in [-0.1, -0.05) is 48.9 Å². The molecule has 0 spiro atoms. The lowest BCUT2D eigenvalue weighted by atomic mass is 9.64. The maximum atomic E-state index is 14.1. The van der Waals surface area contributed by atoms with Crippen molar-refractivity contribution in [1.29, 1.82) is 0 Å². The summed E-state index contributed by atoms with van der Waals surface area (Å²) in [4.78, 5) is 15.4. The number of aromatic nitrogens is 1. The van der Waals surface area contributed by atoms with E-state index in [-0.39, 0.29) is 17.7 Å². The molecule has 3 N–H and O–H groups in total. The fourth-order valence-corrected chi connectivity index (χ4v) is 6.09. The number of halogens is 3. The minimum atomic E-state index is -0.592. The molecule has 1 atom stereocenters. The van der Waals surface area contributed by atoms with Crippen LogP contribution in [0, 0.1) is 11.6 Å². The van der Waals surface area contributed by atoms with Gasteiger partial charge in [0.2, 0.25) is 0 Å². The number of hydrogen-bond acceptors (Lipinski definition) is 3. The highest BCUT2D eigenvalue weighted by atomic mass is 35.5. The van der Waals surface area contributed by atoms with Gasteiger partial charge in [0.25, 0.3) is 5.56 Å². The van der Waals surface area contributed by atoms with Crippen LogP contribution in [0.1, 0.15) is 55.7 Å². The molecule has 0 unspecified atom stereocenters. The number of hydrogen-bond donors (Lipinski definition) is 2. The number of rotatable bonds is 7. The molecule has 1 fully saturated rings. The summed E-state index contributed by atoms with van der Waals surface area (Å²) in [5.41, 5.74) is 8.53. The van der Waals surface area contributed by atoms with Crippen molar-refractivity contribution in [3.8, 4) is 5.75 Å². The first-order valence-corrected chi connectivity index (χ1v) is 13.4. The molecule has 1 aliphatic rings. The number of nitrogens with two attached hydrogens (primary N) is 1. The molecule has 1 aromatic heterocycles. The summed E-state index contributed by atoms with van der Waals surface area (Å²) >= 11 is 6.59. The monoisotopic (exact) mass is 536 g/mol. The molecule has 38 heavy (non-hydrogen) atoms. The van der Waals surface area contributed by atoms with Crippen LogP contribution in [0.5, 0.6) is 5.75 Å². The van der Waals surface area contributed by atoms with E-state index in [0.29, 0.717) is 60.2 Å². The zero-order valence-corrected chi connectivity index (χ0v) is 22.0. The van der Waals surface area contributed by atoms with Crippen molar-refractivity contribution in [2.24, 2.45) is 5.73 Å². The highest BCUT2D eigenvalue weighted by Gasteiger charge is 2.42. The van der Waals surface area contributed by atoms with E-state index in [4.69, 9.17) is 22.1 Å². The molecular formula is C31H31ClF2N2O2. The van der Waals surface area contributed by atoms with Gasteiger partial charge < -0.3 is 15.5 Å². The summed E-state index contributed by atoms with van der Waals surface area (Å²) in [6, 6.07) is 17.0. The van der Waals surface area contributed by atoms with Gasteiger partial charge in [-0.2, -0.15) is 0 Å². The van der Waals surface area contributed by atoms with Crippen molar-refractivity contribution in [1.82, 2.24) is 4.98 Å². The van der Waals surface area contributed by atoms with Gasteiger partial charge in [-0.3, -0.25) is 4.79 Å². The SMILES string of the molecule is CC[C@@H](N)C1(c2cc(F)cc(F)c2)CCC(Oc2cc3c(Cc4ccccc4)c[nH]c(=O)c3cc2Cl)CC1. The number of aromatic amines is 1. The van der Waals surface area contributed by atoms with Crippen LogP contribution in [-0.2, 0) is 11.8 Å². The average Bonchev–Trinajstić information content (AvgIpc) is 2.91. The number of fused-ring (bicyclic) bond motifs is 1. The first-order chi connectivity index (χ1) is 18.3. The Bertz CT molecular complexity index is 1480. The zero-order valence-electron chi connectivity index (χ0n) is 21.3. The lowest BCUT2D eigenvalue weighted by molar-refractivity contribution is 0.103. The Balaban J connectivity index is 1.41. The second kappa shape index (κ2) is 10.9. The molecule has 1 aliphatic carbocycles. The van der Waals surface area contributed by atoms with Crippen molar-refractivity contribution in [2.45, 2.75) is 63.0 Å². The van der Waals surface area contributed by atoms with E-state index in [9.17, 15) is 13.6 Å². The Morgan fingerprint density at radius 2 is 1.74 bits per heavy atom. The quantitative estimate of drug-likeness (QED) is 0.266. The Hall–Kier alpha value is -3.22. The minimum absolute atomic E-state index is 0.139. The fraction of sp³-hybridized carbons (Fsp3) is 0.323. The summed E-state index contributed by atoms with van der Waals surface area (Å²) in [5.74, 6) is -0.663. The largest absolute Gasteiger partial charge is 0.489 e. The maximum absolute atomic E-state index is 14.1. The second-order valence-corrected chi connectivity index (χ2v) is 10.7. The van der Waals surface area contributed by atoms with Crippen LogP contribution in [0.3, 0.4) is 0 Å². The van der Waals surface area contributed by atoms with Crippen molar-refractivity contribution >= 4 is 22.4 Å². The van der Waals surface area contributed by atoms with Gasteiger partial charge in [0.05, 0.1) is 11.1 Å². The van der Waals surface area contributed by atoms with Crippen LogP contribution >= 0.6 is 11.6 Å². The third-order valence-electron chi connectivity index (χ3n) is 7.98.